The minimum atomic E-state index is -0.336. The van der Waals surface area contributed by atoms with Crippen molar-refractivity contribution >= 4 is 5.97 Å². The van der Waals surface area contributed by atoms with E-state index in [1.807, 2.05) is 0 Å². The number of phenolic OH excluding ortho intramolecular Hbond substituents is 1. The van der Waals surface area contributed by atoms with Gasteiger partial charge in [-0.3, -0.25) is 4.79 Å². The summed E-state index contributed by atoms with van der Waals surface area (Å²) >= 11 is 0. The number of rotatable bonds is 4. The molecule has 2 aromatic carbocycles. The number of nitrogens with zero attached hydrogens (tertiary/aromatic N) is 1. The molecule has 1 aliphatic carbocycles. The maximum atomic E-state index is 13.3. The Morgan fingerprint density at radius 2 is 1.72 bits per heavy atom. The Hall–Kier alpha value is -3.15. The Kier molecular flexibility index (Phi) is 5.34. The Balaban J connectivity index is 1.83. The van der Waals surface area contributed by atoms with Crippen molar-refractivity contribution in [3.05, 3.63) is 60.1 Å². The predicted molar refractivity (Wildman–Crippen MR) is 106 cm³/mol. The van der Waals surface area contributed by atoms with E-state index in [-0.39, 0.29) is 29.4 Å². The zero-order valence-corrected chi connectivity index (χ0v) is 16.1. The summed E-state index contributed by atoms with van der Waals surface area (Å²) in [4.78, 5) is 17.1. The number of hydrogen-bond acceptors (Lipinski definition) is 5. The molecule has 0 unspecified atom stereocenters. The number of benzene rings is 2. The topological polar surface area (TPSA) is 72.6 Å². The number of ether oxygens (including phenoxy) is 1. The zero-order valence-electron chi connectivity index (χ0n) is 16.1. The number of carbonyl (C=O) groups is 1. The van der Waals surface area contributed by atoms with Crippen LogP contribution in [-0.2, 0) is 9.53 Å². The van der Waals surface area contributed by atoms with E-state index < -0.39 is 0 Å². The lowest BCUT2D eigenvalue weighted by molar-refractivity contribution is -0.147. The van der Waals surface area contributed by atoms with Crippen molar-refractivity contribution in [2.24, 2.45) is 5.92 Å². The standard InChI is InChI=1S/C23H22FNO4/c1-28-23(27)19-5-3-2-4-18(19)21-20(14-8-12-17(26)13-9-14)25-22(29-21)15-6-10-16(24)11-7-15/h6-13,18-19,26H,2-5H2,1H3/t18-,19-/m1/s1. The second-order valence-corrected chi connectivity index (χ2v) is 7.31. The van der Waals surface area contributed by atoms with E-state index in [0.717, 1.165) is 31.2 Å². The Morgan fingerprint density at radius 3 is 2.41 bits per heavy atom. The number of oxazole rings is 1. The third-order valence-electron chi connectivity index (χ3n) is 5.49. The molecule has 6 heteroatoms. The number of aromatic nitrogens is 1. The number of phenols is 1. The van der Waals surface area contributed by atoms with Gasteiger partial charge >= 0.3 is 5.97 Å². The van der Waals surface area contributed by atoms with Gasteiger partial charge in [0.15, 0.2) is 0 Å². The van der Waals surface area contributed by atoms with Gasteiger partial charge in [-0.25, -0.2) is 9.37 Å². The van der Waals surface area contributed by atoms with Crippen molar-refractivity contribution in [1.29, 1.82) is 0 Å². The fourth-order valence-electron chi connectivity index (χ4n) is 4.00. The summed E-state index contributed by atoms with van der Waals surface area (Å²) in [6.07, 6.45) is 3.48. The van der Waals surface area contributed by atoms with E-state index in [0.29, 0.717) is 22.9 Å². The highest BCUT2D eigenvalue weighted by Crippen LogP contribution is 2.44. The third-order valence-corrected chi connectivity index (χ3v) is 5.49. The molecule has 0 saturated heterocycles. The summed E-state index contributed by atoms with van der Waals surface area (Å²) in [5.74, 6) is 0.133. The van der Waals surface area contributed by atoms with Gasteiger partial charge in [-0.05, 0) is 61.4 Å². The van der Waals surface area contributed by atoms with Crippen LogP contribution in [0.4, 0.5) is 4.39 Å². The van der Waals surface area contributed by atoms with E-state index in [1.54, 1.807) is 36.4 Å². The number of halogens is 1. The smallest absolute Gasteiger partial charge is 0.309 e. The summed E-state index contributed by atoms with van der Waals surface area (Å²) in [5.41, 5.74) is 2.07. The lowest BCUT2D eigenvalue weighted by Crippen LogP contribution is -2.26. The van der Waals surface area contributed by atoms with E-state index in [4.69, 9.17) is 9.15 Å². The SMILES string of the molecule is COC(=O)[C@@H]1CCCC[C@H]1c1oc(-c2ccc(F)cc2)nc1-c1ccc(O)cc1. The molecule has 0 spiro atoms. The van der Waals surface area contributed by atoms with Crippen LogP contribution in [0.1, 0.15) is 37.4 Å². The molecule has 1 N–H and O–H groups in total. The molecule has 0 radical (unpaired) electrons. The minimum Gasteiger partial charge on any atom is -0.508 e. The molecular weight excluding hydrogens is 373 g/mol. The second kappa shape index (κ2) is 8.07. The number of methoxy groups -OCH3 is 1. The van der Waals surface area contributed by atoms with Gasteiger partial charge in [-0.15, -0.1) is 0 Å². The molecule has 1 heterocycles. The minimum absolute atomic E-state index is 0.151. The monoisotopic (exact) mass is 395 g/mol. The fourth-order valence-corrected chi connectivity index (χ4v) is 4.00. The van der Waals surface area contributed by atoms with Crippen LogP contribution in [0, 0.1) is 11.7 Å². The average molecular weight is 395 g/mol. The van der Waals surface area contributed by atoms with Crippen molar-refractivity contribution in [3.63, 3.8) is 0 Å². The van der Waals surface area contributed by atoms with Gasteiger partial charge in [0.1, 0.15) is 23.0 Å². The Bertz CT molecular complexity index is 995. The maximum absolute atomic E-state index is 13.3. The first-order valence-electron chi connectivity index (χ1n) is 9.70. The lowest BCUT2D eigenvalue weighted by atomic mass is 9.77. The summed E-state index contributed by atoms with van der Waals surface area (Å²) in [6, 6.07) is 12.7. The molecule has 1 aliphatic rings. The van der Waals surface area contributed by atoms with Crippen molar-refractivity contribution in [2.75, 3.05) is 7.11 Å². The molecular formula is C23H22FNO4. The van der Waals surface area contributed by atoms with Gasteiger partial charge in [-0.1, -0.05) is 12.8 Å². The van der Waals surface area contributed by atoms with E-state index >= 15 is 0 Å². The normalized spacial score (nSPS) is 19.1. The van der Waals surface area contributed by atoms with Crippen LogP contribution < -0.4 is 0 Å². The molecule has 1 aromatic heterocycles. The summed E-state index contributed by atoms with van der Waals surface area (Å²) < 4.78 is 24.6. The van der Waals surface area contributed by atoms with E-state index in [2.05, 4.69) is 4.98 Å². The van der Waals surface area contributed by atoms with Crippen LogP contribution in [0.2, 0.25) is 0 Å². The summed E-state index contributed by atoms with van der Waals surface area (Å²) in [6.45, 7) is 0. The molecule has 0 aliphatic heterocycles. The molecule has 29 heavy (non-hydrogen) atoms. The van der Waals surface area contributed by atoms with Gasteiger partial charge in [-0.2, -0.15) is 0 Å². The van der Waals surface area contributed by atoms with Crippen molar-refractivity contribution < 1.29 is 23.4 Å². The molecule has 4 rings (SSSR count). The Morgan fingerprint density at radius 1 is 1.07 bits per heavy atom. The van der Waals surface area contributed by atoms with Gasteiger partial charge < -0.3 is 14.3 Å². The Labute approximate surface area is 168 Å². The van der Waals surface area contributed by atoms with Crippen molar-refractivity contribution in [2.45, 2.75) is 31.6 Å². The zero-order chi connectivity index (χ0) is 20.4. The highest BCUT2D eigenvalue weighted by Gasteiger charge is 2.37. The van der Waals surface area contributed by atoms with E-state index in [1.165, 1.54) is 19.2 Å². The predicted octanol–water partition coefficient (Wildman–Crippen LogP) is 5.30. The molecule has 0 bridgehead atoms. The highest BCUT2D eigenvalue weighted by atomic mass is 19.1. The summed E-state index contributed by atoms with van der Waals surface area (Å²) in [5, 5.41) is 9.64. The molecule has 1 fully saturated rings. The average Bonchev–Trinajstić information content (AvgIpc) is 3.19. The molecule has 150 valence electrons. The first kappa shape index (κ1) is 19.2. The maximum Gasteiger partial charge on any atom is 0.309 e. The van der Waals surface area contributed by atoms with Gasteiger partial charge in [0, 0.05) is 17.0 Å². The van der Waals surface area contributed by atoms with Crippen LogP contribution in [-0.4, -0.2) is 23.2 Å². The number of carbonyl (C=O) groups excluding carboxylic acids is 1. The molecule has 1 saturated carbocycles. The first-order chi connectivity index (χ1) is 14.1. The molecule has 2 atom stereocenters. The van der Waals surface area contributed by atoms with Crippen molar-refractivity contribution in [1.82, 2.24) is 4.98 Å². The lowest BCUT2D eigenvalue weighted by Gasteiger charge is -2.28. The largest absolute Gasteiger partial charge is 0.508 e. The quantitative estimate of drug-likeness (QED) is 0.607. The van der Waals surface area contributed by atoms with Gasteiger partial charge in [0.2, 0.25) is 5.89 Å². The third kappa shape index (κ3) is 3.88. The molecule has 0 amide bonds. The van der Waals surface area contributed by atoms with Crippen LogP contribution >= 0.6 is 0 Å². The number of aromatic hydroxyl groups is 1. The number of esters is 1. The van der Waals surface area contributed by atoms with Crippen LogP contribution in [0.3, 0.4) is 0 Å². The van der Waals surface area contributed by atoms with Crippen LogP contribution in [0.15, 0.2) is 52.9 Å². The van der Waals surface area contributed by atoms with Crippen molar-refractivity contribution in [3.8, 4) is 28.5 Å². The summed E-state index contributed by atoms with van der Waals surface area (Å²) in [7, 11) is 1.40. The van der Waals surface area contributed by atoms with Gasteiger partial charge in [0.25, 0.3) is 0 Å². The van der Waals surface area contributed by atoms with Gasteiger partial charge in [0.05, 0.1) is 13.0 Å². The van der Waals surface area contributed by atoms with Crippen LogP contribution in [0.25, 0.3) is 22.7 Å². The van der Waals surface area contributed by atoms with Crippen LogP contribution in [0.5, 0.6) is 5.75 Å². The van der Waals surface area contributed by atoms with E-state index in [9.17, 15) is 14.3 Å². The molecule has 3 aromatic rings. The second-order valence-electron chi connectivity index (χ2n) is 7.31. The number of hydrogen-bond donors (Lipinski definition) is 1. The highest BCUT2D eigenvalue weighted by molar-refractivity contribution is 5.75. The first-order valence-corrected chi connectivity index (χ1v) is 9.70. The molecule has 5 nitrogen and oxygen atoms in total. The fraction of sp³-hybridized carbons (Fsp3) is 0.304.